The standard InChI is InChI=1S/C15H17NO2/c1-11(13-6-7-17-10-13)16-9-14-8-12-4-2-3-5-15(12)18-14/h2-7,10-11,14,16H,8-9H2,1H3. The van der Waals surface area contributed by atoms with Gasteiger partial charge in [0.05, 0.1) is 12.5 Å². The van der Waals surface area contributed by atoms with Crippen LogP contribution in [0.5, 0.6) is 5.75 Å². The summed E-state index contributed by atoms with van der Waals surface area (Å²) in [4.78, 5) is 0. The SMILES string of the molecule is CC(NCC1Cc2ccccc2O1)c1ccoc1. The maximum atomic E-state index is 5.89. The summed E-state index contributed by atoms with van der Waals surface area (Å²) in [7, 11) is 0. The molecule has 3 heteroatoms. The zero-order chi connectivity index (χ0) is 12.4. The van der Waals surface area contributed by atoms with E-state index in [0.717, 1.165) is 18.7 Å². The van der Waals surface area contributed by atoms with Gasteiger partial charge >= 0.3 is 0 Å². The lowest BCUT2D eigenvalue weighted by molar-refractivity contribution is 0.222. The monoisotopic (exact) mass is 243 g/mol. The Kier molecular flexibility index (Phi) is 3.07. The van der Waals surface area contributed by atoms with Crippen molar-refractivity contribution in [1.29, 1.82) is 0 Å². The van der Waals surface area contributed by atoms with Crippen LogP contribution in [0.1, 0.15) is 24.1 Å². The zero-order valence-electron chi connectivity index (χ0n) is 10.4. The lowest BCUT2D eigenvalue weighted by atomic mass is 10.1. The number of para-hydroxylation sites is 1. The van der Waals surface area contributed by atoms with Crippen molar-refractivity contribution in [3.8, 4) is 5.75 Å². The van der Waals surface area contributed by atoms with E-state index in [-0.39, 0.29) is 12.1 Å². The van der Waals surface area contributed by atoms with Gasteiger partial charge in [0.1, 0.15) is 11.9 Å². The Labute approximate surface area is 107 Å². The topological polar surface area (TPSA) is 34.4 Å². The Bertz CT molecular complexity index is 482. The van der Waals surface area contributed by atoms with Gasteiger partial charge < -0.3 is 14.5 Å². The minimum Gasteiger partial charge on any atom is -0.488 e. The van der Waals surface area contributed by atoms with Crippen LogP contribution in [0.15, 0.2) is 47.3 Å². The highest BCUT2D eigenvalue weighted by Gasteiger charge is 2.22. The number of rotatable bonds is 4. The molecule has 2 heterocycles. The van der Waals surface area contributed by atoms with E-state index < -0.39 is 0 Å². The van der Waals surface area contributed by atoms with Gasteiger partial charge in [-0.3, -0.25) is 0 Å². The zero-order valence-corrected chi connectivity index (χ0v) is 10.4. The van der Waals surface area contributed by atoms with Crippen molar-refractivity contribution in [2.75, 3.05) is 6.54 Å². The summed E-state index contributed by atoms with van der Waals surface area (Å²) in [6.45, 7) is 2.98. The molecule has 94 valence electrons. The molecule has 1 aliphatic rings. The van der Waals surface area contributed by atoms with Crippen LogP contribution in [0.4, 0.5) is 0 Å². The van der Waals surface area contributed by atoms with Crippen molar-refractivity contribution < 1.29 is 9.15 Å². The van der Waals surface area contributed by atoms with Crippen LogP contribution in [-0.2, 0) is 6.42 Å². The summed E-state index contributed by atoms with van der Waals surface area (Å²) < 4.78 is 11.0. The molecule has 0 bridgehead atoms. The van der Waals surface area contributed by atoms with Gasteiger partial charge in [-0.2, -0.15) is 0 Å². The summed E-state index contributed by atoms with van der Waals surface area (Å²) in [6.07, 6.45) is 4.70. The van der Waals surface area contributed by atoms with E-state index in [1.54, 1.807) is 12.5 Å². The second-order valence-electron chi connectivity index (χ2n) is 4.74. The van der Waals surface area contributed by atoms with Crippen molar-refractivity contribution in [3.05, 3.63) is 54.0 Å². The Hall–Kier alpha value is -1.74. The largest absolute Gasteiger partial charge is 0.488 e. The average Bonchev–Trinajstić information content (AvgIpc) is 3.04. The van der Waals surface area contributed by atoms with E-state index >= 15 is 0 Å². The molecule has 1 aliphatic heterocycles. The third-order valence-corrected chi connectivity index (χ3v) is 3.41. The lowest BCUT2D eigenvalue weighted by Crippen LogP contribution is -2.31. The number of hydrogen-bond acceptors (Lipinski definition) is 3. The van der Waals surface area contributed by atoms with Gasteiger partial charge in [0.25, 0.3) is 0 Å². The molecule has 1 aromatic heterocycles. The quantitative estimate of drug-likeness (QED) is 0.896. The van der Waals surface area contributed by atoms with E-state index in [1.807, 2.05) is 18.2 Å². The second-order valence-corrected chi connectivity index (χ2v) is 4.74. The molecule has 0 radical (unpaired) electrons. The van der Waals surface area contributed by atoms with Gasteiger partial charge in [-0.25, -0.2) is 0 Å². The van der Waals surface area contributed by atoms with Crippen LogP contribution in [0, 0.1) is 0 Å². The van der Waals surface area contributed by atoms with Gasteiger partial charge in [-0.05, 0) is 24.6 Å². The van der Waals surface area contributed by atoms with Crippen LogP contribution in [-0.4, -0.2) is 12.6 Å². The molecule has 2 unspecified atom stereocenters. The predicted octanol–water partition coefficient (Wildman–Crippen LogP) is 2.93. The summed E-state index contributed by atoms with van der Waals surface area (Å²) in [6, 6.07) is 10.5. The predicted molar refractivity (Wildman–Crippen MR) is 69.7 cm³/mol. The number of furan rings is 1. The third kappa shape index (κ3) is 2.27. The molecule has 2 atom stereocenters. The summed E-state index contributed by atoms with van der Waals surface area (Å²) in [5, 5.41) is 3.48. The van der Waals surface area contributed by atoms with E-state index in [2.05, 4.69) is 24.4 Å². The maximum absolute atomic E-state index is 5.89. The van der Waals surface area contributed by atoms with Gasteiger partial charge in [0, 0.05) is 24.6 Å². The molecule has 0 spiro atoms. The van der Waals surface area contributed by atoms with Crippen LogP contribution in [0.3, 0.4) is 0 Å². The molecular formula is C15H17NO2. The molecule has 18 heavy (non-hydrogen) atoms. The molecule has 0 amide bonds. The minimum atomic E-state index is 0.233. The summed E-state index contributed by atoms with van der Waals surface area (Å²) in [5.74, 6) is 1.03. The highest BCUT2D eigenvalue weighted by Crippen LogP contribution is 2.28. The van der Waals surface area contributed by atoms with Gasteiger partial charge in [0.2, 0.25) is 0 Å². The molecular weight excluding hydrogens is 226 g/mol. The van der Waals surface area contributed by atoms with Crippen LogP contribution in [0.2, 0.25) is 0 Å². The fraction of sp³-hybridized carbons (Fsp3) is 0.333. The molecule has 1 N–H and O–H groups in total. The smallest absolute Gasteiger partial charge is 0.123 e. The van der Waals surface area contributed by atoms with Crippen LogP contribution >= 0.6 is 0 Å². The number of nitrogens with one attached hydrogen (secondary N) is 1. The maximum Gasteiger partial charge on any atom is 0.123 e. The highest BCUT2D eigenvalue weighted by atomic mass is 16.5. The number of ether oxygens (including phenoxy) is 1. The lowest BCUT2D eigenvalue weighted by Gasteiger charge is -2.16. The molecule has 1 aromatic carbocycles. The fourth-order valence-corrected chi connectivity index (χ4v) is 2.32. The van der Waals surface area contributed by atoms with E-state index in [1.165, 1.54) is 11.1 Å². The van der Waals surface area contributed by atoms with Crippen molar-refractivity contribution in [2.24, 2.45) is 0 Å². The molecule has 3 nitrogen and oxygen atoms in total. The normalized spacial score (nSPS) is 19.3. The van der Waals surface area contributed by atoms with Gasteiger partial charge in [-0.1, -0.05) is 18.2 Å². The van der Waals surface area contributed by atoms with E-state index in [9.17, 15) is 0 Å². The first kappa shape index (κ1) is 11.4. The van der Waals surface area contributed by atoms with Gasteiger partial charge in [-0.15, -0.1) is 0 Å². The first-order chi connectivity index (χ1) is 8.83. The molecule has 3 rings (SSSR count). The number of fused-ring (bicyclic) bond motifs is 1. The Morgan fingerprint density at radius 2 is 2.22 bits per heavy atom. The van der Waals surface area contributed by atoms with E-state index in [0.29, 0.717) is 0 Å². The first-order valence-electron chi connectivity index (χ1n) is 6.33. The van der Waals surface area contributed by atoms with Crippen molar-refractivity contribution in [1.82, 2.24) is 5.32 Å². The van der Waals surface area contributed by atoms with Crippen molar-refractivity contribution >= 4 is 0 Å². The second kappa shape index (κ2) is 4.86. The van der Waals surface area contributed by atoms with E-state index in [4.69, 9.17) is 9.15 Å². The summed E-state index contributed by atoms with van der Waals surface area (Å²) >= 11 is 0. The fourth-order valence-electron chi connectivity index (χ4n) is 2.32. The Morgan fingerprint density at radius 3 is 3.00 bits per heavy atom. The van der Waals surface area contributed by atoms with Gasteiger partial charge in [0.15, 0.2) is 0 Å². The number of benzene rings is 1. The molecule has 0 aliphatic carbocycles. The first-order valence-corrected chi connectivity index (χ1v) is 6.33. The molecule has 0 saturated heterocycles. The molecule has 0 saturated carbocycles. The Morgan fingerprint density at radius 1 is 1.33 bits per heavy atom. The number of hydrogen-bond donors (Lipinski definition) is 1. The van der Waals surface area contributed by atoms with Crippen molar-refractivity contribution in [3.63, 3.8) is 0 Å². The molecule has 0 fully saturated rings. The van der Waals surface area contributed by atoms with Crippen molar-refractivity contribution in [2.45, 2.75) is 25.5 Å². The third-order valence-electron chi connectivity index (χ3n) is 3.41. The highest BCUT2D eigenvalue weighted by molar-refractivity contribution is 5.37. The Balaban J connectivity index is 1.54. The average molecular weight is 243 g/mol. The van der Waals surface area contributed by atoms with Crippen LogP contribution < -0.4 is 10.1 Å². The minimum absolute atomic E-state index is 0.233. The summed E-state index contributed by atoms with van der Waals surface area (Å²) in [5.41, 5.74) is 2.48. The molecule has 2 aromatic rings. The van der Waals surface area contributed by atoms with Crippen LogP contribution in [0.25, 0.3) is 0 Å².